The van der Waals surface area contributed by atoms with Crippen molar-refractivity contribution in [2.45, 2.75) is 0 Å². The number of anilines is 3. The number of para-hydroxylation sites is 3. The van der Waals surface area contributed by atoms with E-state index in [1.54, 1.807) is 6.07 Å². The Kier molecular flexibility index (Phi) is 5.50. The van der Waals surface area contributed by atoms with E-state index in [4.69, 9.17) is 15.4 Å². The molecule has 0 fully saturated rings. The standard InChI is InChI=1S/C38H21N3O2/c1-40-26-19-24(23-39)20-29(21-26)41(28-17-18-37-34(22-28)32-8-3-4-11-35(32)42-37)27-15-13-25(14-16-27)30-9-6-10-33-31-7-2-5-12-36(31)43-38(30)33/h2-22H. The first-order valence-corrected chi connectivity index (χ1v) is 13.8. The van der Waals surface area contributed by atoms with Crippen molar-refractivity contribution in [1.82, 2.24) is 0 Å². The number of rotatable bonds is 4. The number of benzene rings is 6. The summed E-state index contributed by atoms with van der Waals surface area (Å²) in [4.78, 5) is 5.71. The molecule has 0 aliphatic rings. The highest BCUT2D eigenvalue weighted by molar-refractivity contribution is 6.10. The average molecular weight is 552 g/mol. The third kappa shape index (κ3) is 4.00. The average Bonchev–Trinajstić information content (AvgIpc) is 3.63. The molecule has 6 aromatic carbocycles. The van der Waals surface area contributed by atoms with Crippen LogP contribution in [0.3, 0.4) is 0 Å². The second-order valence-corrected chi connectivity index (χ2v) is 10.4. The Morgan fingerprint density at radius 2 is 1.26 bits per heavy atom. The molecule has 0 N–H and O–H groups in total. The van der Waals surface area contributed by atoms with Gasteiger partial charge in [-0.1, -0.05) is 66.7 Å². The van der Waals surface area contributed by atoms with Crippen molar-refractivity contribution in [1.29, 1.82) is 5.26 Å². The van der Waals surface area contributed by atoms with Crippen molar-refractivity contribution in [2.24, 2.45) is 0 Å². The van der Waals surface area contributed by atoms with Gasteiger partial charge in [0.1, 0.15) is 22.3 Å². The summed E-state index contributed by atoms with van der Waals surface area (Å²) in [6, 6.07) is 44.1. The monoisotopic (exact) mass is 551 g/mol. The Hall–Kier alpha value is -6.30. The Morgan fingerprint density at radius 3 is 2.02 bits per heavy atom. The second kappa shape index (κ2) is 9.66. The number of hydrogen-bond donors (Lipinski definition) is 0. The zero-order valence-corrected chi connectivity index (χ0v) is 22.8. The van der Waals surface area contributed by atoms with Crippen molar-refractivity contribution in [3.8, 4) is 17.2 Å². The van der Waals surface area contributed by atoms with Gasteiger partial charge in [-0.05, 0) is 66.2 Å². The van der Waals surface area contributed by atoms with Crippen molar-refractivity contribution in [3.63, 3.8) is 0 Å². The molecule has 2 heterocycles. The van der Waals surface area contributed by atoms with Gasteiger partial charge in [-0.25, -0.2) is 4.85 Å². The Labute approximate surface area is 246 Å². The number of fused-ring (bicyclic) bond motifs is 6. The van der Waals surface area contributed by atoms with Gasteiger partial charge in [0.2, 0.25) is 0 Å². The van der Waals surface area contributed by atoms with Crippen LogP contribution in [0.15, 0.2) is 136 Å². The quantitative estimate of drug-likeness (QED) is 0.204. The van der Waals surface area contributed by atoms with Gasteiger partial charge in [0, 0.05) is 49.7 Å². The van der Waals surface area contributed by atoms with E-state index in [9.17, 15) is 5.26 Å². The van der Waals surface area contributed by atoms with E-state index in [0.717, 1.165) is 72.1 Å². The molecule has 0 unspecified atom stereocenters. The molecule has 0 spiro atoms. The summed E-state index contributed by atoms with van der Waals surface area (Å²) in [6.07, 6.45) is 0. The molecular weight excluding hydrogens is 530 g/mol. The molecule has 0 radical (unpaired) electrons. The van der Waals surface area contributed by atoms with Crippen LogP contribution in [0.4, 0.5) is 22.7 Å². The first-order valence-electron chi connectivity index (χ1n) is 13.8. The van der Waals surface area contributed by atoms with E-state index in [2.05, 4.69) is 76.5 Å². The maximum absolute atomic E-state index is 9.75. The Balaban J connectivity index is 1.30. The summed E-state index contributed by atoms with van der Waals surface area (Å²) in [5, 5.41) is 13.9. The van der Waals surface area contributed by atoms with Crippen LogP contribution in [0, 0.1) is 17.9 Å². The van der Waals surface area contributed by atoms with E-state index in [1.807, 2.05) is 60.7 Å². The predicted molar refractivity (Wildman–Crippen MR) is 172 cm³/mol. The fraction of sp³-hybridized carbons (Fsp3) is 0. The molecule has 0 aliphatic heterocycles. The summed E-state index contributed by atoms with van der Waals surface area (Å²) in [5.74, 6) is 0. The first kappa shape index (κ1) is 24.5. The minimum absolute atomic E-state index is 0.405. The van der Waals surface area contributed by atoms with Gasteiger partial charge in [-0.3, -0.25) is 0 Å². The van der Waals surface area contributed by atoms with Gasteiger partial charge in [0.25, 0.3) is 0 Å². The molecule has 0 saturated carbocycles. The lowest BCUT2D eigenvalue weighted by molar-refractivity contribution is 0.669. The maximum Gasteiger partial charge on any atom is 0.190 e. The molecule has 5 heteroatoms. The summed E-state index contributed by atoms with van der Waals surface area (Å²) >= 11 is 0. The summed E-state index contributed by atoms with van der Waals surface area (Å²) < 4.78 is 12.4. The van der Waals surface area contributed by atoms with Crippen LogP contribution in [0.5, 0.6) is 0 Å². The van der Waals surface area contributed by atoms with E-state index in [0.29, 0.717) is 11.3 Å². The van der Waals surface area contributed by atoms with Gasteiger partial charge >= 0.3 is 0 Å². The maximum atomic E-state index is 9.75. The highest BCUT2D eigenvalue weighted by Crippen LogP contribution is 2.42. The highest BCUT2D eigenvalue weighted by Gasteiger charge is 2.18. The highest BCUT2D eigenvalue weighted by atomic mass is 16.3. The normalized spacial score (nSPS) is 11.2. The van der Waals surface area contributed by atoms with Crippen LogP contribution in [0.2, 0.25) is 0 Å². The van der Waals surface area contributed by atoms with Crippen LogP contribution in [-0.2, 0) is 0 Å². The lowest BCUT2D eigenvalue weighted by Crippen LogP contribution is -2.10. The number of hydrogen-bond acceptors (Lipinski definition) is 4. The van der Waals surface area contributed by atoms with Crippen LogP contribution < -0.4 is 4.90 Å². The molecule has 0 atom stereocenters. The molecule has 8 aromatic rings. The van der Waals surface area contributed by atoms with Gasteiger partial charge in [-0.2, -0.15) is 5.26 Å². The molecule has 5 nitrogen and oxygen atoms in total. The Morgan fingerprint density at radius 1 is 0.581 bits per heavy atom. The summed E-state index contributed by atoms with van der Waals surface area (Å²) in [7, 11) is 0. The molecule has 0 aliphatic carbocycles. The molecule has 0 bridgehead atoms. The van der Waals surface area contributed by atoms with Crippen LogP contribution in [-0.4, -0.2) is 0 Å². The van der Waals surface area contributed by atoms with E-state index in [-0.39, 0.29) is 0 Å². The van der Waals surface area contributed by atoms with Gasteiger partial charge in [0.15, 0.2) is 5.69 Å². The van der Waals surface area contributed by atoms with Crippen LogP contribution in [0.25, 0.3) is 59.8 Å². The molecule has 0 saturated heterocycles. The molecule has 200 valence electrons. The zero-order valence-electron chi connectivity index (χ0n) is 22.8. The smallest absolute Gasteiger partial charge is 0.190 e. The molecule has 2 aromatic heterocycles. The van der Waals surface area contributed by atoms with E-state index < -0.39 is 0 Å². The molecule has 0 amide bonds. The lowest BCUT2D eigenvalue weighted by Gasteiger charge is -2.26. The first-order chi connectivity index (χ1) is 21.2. The third-order valence-corrected chi connectivity index (χ3v) is 7.88. The van der Waals surface area contributed by atoms with Crippen molar-refractivity contribution < 1.29 is 8.83 Å². The SMILES string of the molecule is [C-]#[N+]c1cc(C#N)cc(N(c2ccc(-c3cccc4c3oc3ccccc34)cc2)c2ccc3oc4ccccc4c3c2)c1. The molecule has 43 heavy (non-hydrogen) atoms. The fourth-order valence-corrected chi connectivity index (χ4v) is 5.92. The van der Waals surface area contributed by atoms with Crippen molar-refractivity contribution in [2.75, 3.05) is 4.90 Å². The fourth-order valence-electron chi connectivity index (χ4n) is 5.92. The van der Waals surface area contributed by atoms with Gasteiger partial charge in [0.05, 0.1) is 12.6 Å². The summed E-state index contributed by atoms with van der Waals surface area (Å²) in [5.41, 5.74) is 8.71. The Bertz CT molecular complexity index is 2400. The zero-order chi connectivity index (χ0) is 28.9. The van der Waals surface area contributed by atoms with E-state index >= 15 is 0 Å². The minimum atomic E-state index is 0.405. The number of nitrogens with zero attached hydrogens (tertiary/aromatic N) is 3. The predicted octanol–water partition coefficient (Wildman–Crippen LogP) is 11.0. The van der Waals surface area contributed by atoms with Gasteiger partial charge < -0.3 is 13.7 Å². The summed E-state index contributed by atoms with van der Waals surface area (Å²) in [6.45, 7) is 7.65. The van der Waals surface area contributed by atoms with E-state index in [1.165, 1.54) is 0 Å². The number of nitriles is 1. The van der Waals surface area contributed by atoms with Crippen LogP contribution >= 0.6 is 0 Å². The second-order valence-electron chi connectivity index (χ2n) is 10.4. The molecule has 8 rings (SSSR count). The lowest BCUT2D eigenvalue weighted by atomic mass is 10.0. The largest absolute Gasteiger partial charge is 0.456 e. The van der Waals surface area contributed by atoms with Crippen molar-refractivity contribution >= 4 is 66.6 Å². The number of furan rings is 2. The minimum Gasteiger partial charge on any atom is -0.456 e. The molecular formula is C38H21N3O2. The van der Waals surface area contributed by atoms with Crippen LogP contribution in [0.1, 0.15) is 5.56 Å². The van der Waals surface area contributed by atoms with Crippen molar-refractivity contribution in [3.05, 3.63) is 144 Å². The van der Waals surface area contributed by atoms with Gasteiger partial charge in [-0.15, -0.1) is 0 Å². The topological polar surface area (TPSA) is 57.7 Å². The third-order valence-electron chi connectivity index (χ3n) is 7.88.